The third-order valence-electron chi connectivity index (χ3n) is 3.13. The number of aromatic nitrogens is 2. The SMILES string of the molecule is O=C(Cn1c(=O)[nH]c2ccccc21)Nc1ccccc1Br. The highest BCUT2D eigenvalue weighted by molar-refractivity contribution is 9.10. The normalized spacial score (nSPS) is 10.7. The highest BCUT2D eigenvalue weighted by Gasteiger charge is 2.11. The van der Waals surface area contributed by atoms with Gasteiger partial charge in [-0.05, 0) is 40.2 Å². The van der Waals surface area contributed by atoms with Crippen LogP contribution in [0.3, 0.4) is 0 Å². The number of hydrogen-bond donors (Lipinski definition) is 2. The second kappa shape index (κ2) is 5.57. The molecule has 0 spiro atoms. The number of halogens is 1. The number of fused-ring (bicyclic) bond motifs is 1. The Balaban J connectivity index is 1.86. The van der Waals surface area contributed by atoms with Crippen LogP contribution >= 0.6 is 15.9 Å². The largest absolute Gasteiger partial charge is 0.326 e. The Hall–Kier alpha value is -2.34. The number of nitrogens with one attached hydrogen (secondary N) is 2. The van der Waals surface area contributed by atoms with Crippen LogP contribution < -0.4 is 11.0 Å². The molecule has 3 rings (SSSR count). The van der Waals surface area contributed by atoms with Crippen LogP contribution in [0.2, 0.25) is 0 Å². The summed E-state index contributed by atoms with van der Waals surface area (Å²) in [5.74, 6) is -0.256. The Morgan fingerprint density at radius 1 is 1.14 bits per heavy atom. The molecular weight excluding hydrogens is 334 g/mol. The average molecular weight is 346 g/mol. The molecule has 0 aliphatic heterocycles. The summed E-state index contributed by atoms with van der Waals surface area (Å²) in [5.41, 5.74) is 1.81. The van der Waals surface area contributed by atoms with Gasteiger partial charge in [-0.25, -0.2) is 4.79 Å². The molecule has 1 amide bonds. The molecule has 0 unspecified atom stereocenters. The Labute approximate surface area is 128 Å². The van der Waals surface area contributed by atoms with E-state index in [0.717, 1.165) is 9.99 Å². The quantitative estimate of drug-likeness (QED) is 0.766. The highest BCUT2D eigenvalue weighted by Crippen LogP contribution is 2.21. The maximum atomic E-state index is 12.1. The number of carbonyl (C=O) groups excluding carboxylic acids is 1. The molecule has 2 aromatic carbocycles. The van der Waals surface area contributed by atoms with Crippen LogP contribution in [0, 0.1) is 0 Å². The number of hydrogen-bond acceptors (Lipinski definition) is 2. The average Bonchev–Trinajstić information content (AvgIpc) is 2.78. The lowest BCUT2D eigenvalue weighted by Gasteiger charge is -2.07. The predicted octanol–water partition coefficient (Wildman–Crippen LogP) is 2.73. The number of benzene rings is 2. The number of amides is 1. The van der Waals surface area contributed by atoms with Crippen LogP contribution in [-0.2, 0) is 11.3 Å². The number of carbonyl (C=O) groups is 1. The van der Waals surface area contributed by atoms with Crippen molar-refractivity contribution in [2.45, 2.75) is 6.54 Å². The van der Waals surface area contributed by atoms with Crippen molar-refractivity contribution in [1.82, 2.24) is 9.55 Å². The van der Waals surface area contributed by atoms with Gasteiger partial charge in [0.2, 0.25) is 5.91 Å². The van der Waals surface area contributed by atoms with Gasteiger partial charge in [-0.15, -0.1) is 0 Å². The van der Waals surface area contributed by atoms with E-state index in [2.05, 4.69) is 26.2 Å². The van der Waals surface area contributed by atoms with E-state index < -0.39 is 0 Å². The van der Waals surface area contributed by atoms with Crippen LogP contribution in [-0.4, -0.2) is 15.5 Å². The maximum Gasteiger partial charge on any atom is 0.326 e. The number of aromatic amines is 1. The maximum absolute atomic E-state index is 12.1. The zero-order valence-electron chi connectivity index (χ0n) is 11.0. The number of H-pyrrole nitrogens is 1. The zero-order valence-corrected chi connectivity index (χ0v) is 12.6. The summed E-state index contributed by atoms with van der Waals surface area (Å²) in [5, 5.41) is 2.78. The number of para-hydroxylation sites is 3. The monoisotopic (exact) mass is 345 g/mol. The van der Waals surface area contributed by atoms with E-state index in [1.807, 2.05) is 30.3 Å². The minimum atomic E-state index is -0.293. The molecule has 3 aromatic rings. The van der Waals surface area contributed by atoms with Gasteiger partial charge in [0.1, 0.15) is 6.54 Å². The van der Waals surface area contributed by atoms with E-state index in [1.165, 1.54) is 4.57 Å². The Morgan fingerprint density at radius 2 is 1.86 bits per heavy atom. The van der Waals surface area contributed by atoms with E-state index >= 15 is 0 Å². The summed E-state index contributed by atoms with van der Waals surface area (Å²) in [6, 6.07) is 14.6. The molecule has 0 saturated carbocycles. The highest BCUT2D eigenvalue weighted by atomic mass is 79.9. The molecule has 0 aliphatic carbocycles. The molecule has 1 aromatic heterocycles. The number of imidazole rings is 1. The van der Waals surface area contributed by atoms with Crippen LogP contribution in [0.1, 0.15) is 0 Å². The molecule has 0 radical (unpaired) electrons. The lowest BCUT2D eigenvalue weighted by Crippen LogP contribution is -2.25. The van der Waals surface area contributed by atoms with Gasteiger partial charge in [0.15, 0.2) is 0 Å². The van der Waals surface area contributed by atoms with E-state index in [1.54, 1.807) is 18.2 Å². The topological polar surface area (TPSA) is 66.9 Å². The van der Waals surface area contributed by atoms with E-state index in [0.29, 0.717) is 11.2 Å². The first-order chi connectivity index (χ1) is 10.1. The molecule has 2 N–H and O–H groups in total. The molecule has 0 bridgehead atoms. The molecule has 0 fully saturated rings. The summed E-state index contributed by atoms with van der Waals surface area (Å²) < 4.78 is 2.21. The van der Waals surface area contributed by atoms with Crippen molar-refractivity contribution in [1.29, 1.82) is 0 Å². The van der Waals surface area contributed by atoms with Crippen molar-refractivity contribution >= 4 is 38.6 Å². The Kier molecular flexibility index (Phi) is 3.62. The van der Waals surface area contributed by atoms with Crippen LogP contribution in [0.15, 0.2) is 57.8 Å². The summed E-state index contributed by atoms with van der Waals surface area (Å²) in [6.07, 6.45) is 0. The Bertz CT molecular complexity index is 866. The summed E-state index contributed by atoms with van der Waals surface area (Å²) in [7, 11) is 0. The van der Waals surface area contributed by atoms with Crippen molar-refractivity contribution < 1.29 is 4.79 Å². The fourth-order valence-corrected chi connectivity index (χ4v) is 2.54. The van der Waals surface area contributed by atoms with Crippen molar-refractivity contribution in [2.24, 2.45) is 0 Å². The minimum Gasteiger partial charge on any atom is -0.324 e. The standard InChI is InChI=1S/C15H12BrN3O2/c16-10-5-1-2-6-11(10)17-14(20)9-19-13-8-4-3-7-12(13)18-15(19)21/h1-8H,9H2,(H,17,20)(H,18,21). The lowest BCUT2D eigenvalue weighted by molar-refractivity contribution is -0.116. The first kappa shape index (κ1) is 13.6. The number of nitrogens with zero attached hydrogens (tertiary/aromatic N) is 1. The summed E-state index contributed by atoms with van der Waals surface area (Å²) >= 11 is 3.37. The second-order valence-corrected chi connectivity index (χ2v) is 5.42. The van der Waals surface area contributed by atoms with Crippen molar-refractivity contribution in [3.8, 4) is 0 Å². The smallest absolute Gasteiger partial charge is 0.324 e. The van der Waals surface area contributed by atoms with Crippen molar-refractivity contribution in [3.63, 3.8) is 0 Å². The van der Waals surface area contributed by atoms with Gasteiger partial charge in [0.25, 0.3) is 0 Å². The first-order valence-electron chi connectivity index (χ1n) is 6.37. The van der Waals surface area contributed by atoms with Gasteiger partial charge < -0.3 is 10.3 Å². The molecule has 5 nitrogen and oxygen atoms in total. The molecule has 6 heteroatoms. The molecule has 0 atom stereocenters. The summed E-state index contributed by atoms with van der Waals surface area (Å²) in [4.78, 5) is 26.8. The van der Waals surface area contributed by atoms with Crippen LogP contribution in [0.5, 0.6) is 0 Å². The van der Waals surface area contributed by atoms with Gasteiger partial charge in [0, 0.05) is 4.47 Å². The minimum absolute atomic E-state index is 0.0375. The Morgan fingerprint density at radius 3 is 2.67 bits per heavy atom. The molecule has 21 heavy (non-hydrogen) atoms. The van der Waals surface area contributed by atoms with Crippen LogP contribution in [0.25, 0.3) is 11.0 Å². The predicted molar refractivity (Wildman–Crippen MR) is 85.3 cm³/mol. The van der Waals surface area contributed by atoms with E-state index in [-0.39, 0.29) is 18.1 Å². The molecule has 0 saturated heterocycles. The van der Waals surface area contributed by atoms with Crippen molar-refractivity contribution in [2.75, 3.05) is 5.32 Å². The lowest BCUT2D eigenvalue weighted by atomic mass is 10.3. The third kappa shape index (κ3) is 2.75. The van der Waals surface area contributed by atoms with Gasteiger partial charge in [-0.3, -0.25) is 9.36 Å². The van der Waals surface area contributed by atoms with Gasteiger partial charge in [0.05, 0.1) is 16.7 Å². The second-order valence-electron chi connectivity index (χ2n) is 4.56. The summed E-state index contributed by atoms with van der Waals surface area (Å²) in [6.45, 7) is -0.0375. The van der Waals surface area contributed by atoms with Gasteiger partial charge in [-0.2, -0.15) is 0 Å². The molecule has 106 valence electrons. The van der Waals surface area contributed by atoms with E-state index in [4.69, 9.17) is 0 Å². The van der Waals surface area contributed by atoms with E-state index in [9.17, 15) is 9.59 Å². The molecular formula is C15H12BrN3O2. The van der Waals surface area contributed by atoms with Crippen LogP contribution in [0.4, 0.5) is 5.69 Å². The third-order valence-corrected chi connectivity index (χ3v) is 3.82. The van der Waals surface area contributed by atoms with Gasteiger partial charge >= 0.3 is 5.69 Å². The van der Waals surface area contributed by atoms with Crippen molar-refractivity contribution in [3.05, 3.63) is 63.5 Å². The fourth-order valence-electron chi connectivity index (χ4n) is 2.16. The molecule has 0 aliphatic rings. The fraction of sp³-hybridized carbons (Fsp3) is 0.0667. The number of rotatable bonds is 3. The zero-order chi connectivity index (χ0) is 14.8. The molecule has 1 heterocycles. The number of anilines is 1. The first-order valence-corrected chi connectivity index (χ1v) is 7.16. The van der Waals surface area contributed by atoms with Gasteiger partial charge in [-0.1, -0.05) is 24.3 Å².